The van der Waals surface area contributed by atoms with Crippen molar-refractivity contribution in [3.05, 3.63) is 58.0 Å². The molecule has 198 valence electrons. The number of hydrogen-bond donors (Lipinski definition) is 0. The summed E-state index contributed by atoms with van der Waals surface area (Å²) >= 11 is 1.39. The Bertz CT molecular complexity index is 1150. The number of piperidine rings is 1. The van der Waals surface area contributed by atoms with Gasteiger partial charge in [-0.25, -0.2) is 14.2 Å². The van der Waals surface area contributed by atoms with Gasteiger partial charge in [-0.15, -0.1) is 0 Å². The summed E-state index contributed by atoms with van der Waals surface area (Å²) in [5, 5.41) is 2.53. The van der Waals surface area contributed by atoms with E-state index in [-0.39, 0.29) is 36.1 Å². The molecule has 0 aliphatic carbocycles. The van der Waals surface area contributed by atoms with Crippen LogP contribution >= 0.6 is 11.8 Å². The average molecular weight is 530 g/mol. The number of hydrogen-bond acceptors (Lipinski definition) is 8. The number of aliphatic imine (C=N–C) groups is 1. The van der Waals surface area contributed by atoms with Crippen LogP contribution in [0, 0.1) is 11.7 Å². The number of allylic oxidation sites excluding steroid dienone is 1. The zero-order valence-electron chi connectivity index (χ0n) is 21.5. The second kappa shape index (κ2) is 11.5. The van der Waals surface area contributed by atoms with Crippen LogP contribution in [-0.4, -0.2) is 58.6 Å². The second-order valence-electron chi connectivity index (χ2n) is 9.48. The molecule has 1 aromatic carbocycles. The molecule has 1 unspecified atom stereocenters. The molecule has 10 heteroatoms. The molecule has 3 aliphatic heterocycles. The first-order chi connectivity index (χ1) is 17.7. The predicted molar refractivity (Wildman–Crippen MR) is 139 cm³/mol. The number of benzene rings is 1. The highest BCUT2D eigenvalue weighted by molar-refractivity contribution is 8.16. The van der Waals surface area contributed by atoms with E-state index in [2.05, 4.69) is 4.99 Å². The van der Waals surface area contributed by atoms with Gasteiger partial charge in [-0.05, 0) is 63.6 Å². The van der Waals surface area contributed by atoms with E-state index < -0.39 is 12.0 Å². The number of halogens is 1. The first-order valence-corrected chi connectivity index (χ1v) is 13.4. The zero-order chi connectivity index (χ0) is 26.7. The predicted octanol–water partition coefficient (Wildman–Crippen LogP) is 4.54. The number of amides is 1. The van der Waals surface area contributed by atoms with E-state index in [1.807, 2.05) is 10.3 Å². The molecule has 1 fully saturated rings. The molecule has 1 amide bonds. The summed E-state index contributed by atoms with van der Waals surface area (Å²) in [5.74, 6) is -1.33. The highest BCUT2D eigenvalue weighted by Crippen LogP contribution is 2.45. The van der Waals surface area contributed by atoms with E-state index in [9.17, 15) is 18.8 Å². The highest BCUT2D eigenvalue weighted by atomic mass is 32.2. The fourth-order valence-corrected chi connectivity index (χ4v) is 5.72. The van der Waals surface area contributed by atoms with Crippen LogP contribution in [0.25, 0.3) is 0 Å². The molecule has 1 aromatic rings. The quantitative estimate of drug-likeness (QED) is 0.479. The van der Waals surface area contributed by atoms with Gasteiger partial charge in [0.15, 0.2) is 5.17 Å². The molecular weight excluding hydrogens is 497 g/mol. The first kappa shape index (κ1) is 26.9. The minimum absolute atomic E-state index is 0.0640. The van der Waals surface area contributed by atoms with Crippen molar-refractivity contribution in [2.45, 2.75) is 59.1 Å². The lowest BCUT2D eigenvalue weighted by molar-refractivity contribution is -0.151. The summed E-state index contributed by atoms with van der Waals surface area (Å²) in [6.45, 7) is 8.41. The average Bonchev–Trinajstić information content (AvgIpc) is 3.25. The van der Waals surface area contributed by atoms with Gasteiger partial charge in [-0.3, -0.25) is 9.59 Å². The van der Waals surface area contributed by atoms with Crippen molar-refractivity contribution >= 4 is 34.8 Å². The van der Waals surface area contributed by atoms with Gasteiger partial charge in [-0.2, -0.15) is 0 Å². The summed E-state index contributed by atoms with van der Waals surface area (Å²) in [5.41, 5.74) is 2.29. The Balaban J connectivity index is 1.56. The molecule has 0 bridgehead atoms. The smallest absolute Gasteiger partial charge is 0.338 e. The number of carbonyl (C=O) groups excluding carboxylic acids is 3. The third kappa shape index (κ3) is 5.89. The van der Waals surface area contributed by atoms with Crippen LogP contribution in [0.4, 0.5) is 4.39 Å². The number of thioether (sulfide) groups is 1. The van der Waals surface area contributed by atoms with Crippen LogP contribution in [-0.2, 0) is 23.9 Å². The van der Waals surface area contributed by atoms with Crippen LogP contribution in [0.2, 0.25) is 0 Å². The topological polar surface area (TPSA) is 88.5 Å². The van der Waals surface area contributed by atoms with Crippen LogP contribution in [0.3, 0.4) is 0 Å². The molecule has 0 aromatic heterocycles. The molecule has 1 atom stereocenters. The van der Waals surface area contributed by atoms with E-state index in [1.54, 1.807) is 44.7 Å². The van der Waals surface area contributed by atoms with Gasteiger partial charge in [0.05, 0.1) is 42.4 Å². The van der Waals surface area contributed by atoms with Crippen molar-refractivity contribution in [1.82, 2.24) is 9.80 Å². The molecule has 8 nitrogen and oxygen atoms in total. The van der Waals surface area contributed by atoms with Gasteiger partial charge in [0.2, 0.25) is 5.91 Å². The van der Waals surface area contributed by atoms with Crippen molar-refractivity contribution in [3.63, 3.8) is 0 Å². The number of ether oxygens (including phenoxy) is 2. The lowest BCUT2D eigenvalue weighted by Gasteiger charge is -2.37. The largest absolute Gasteiger partial charge is 0.466 e. The summed E-state index contributed by atoms with van der Waals surface area (Å²) < 4.78 is 24.4. The van der Waals surface area contributed by atoms with Gasteiger partial charge >= 0.3 is 11.9 Å². The molecule has 3 aliphatic rings. The van der Waals surface area contributed by atoms with Crippen molar-refractivity contribution in [1.29, 1.82) is 0 Å². The Morgan fingerprint density at radius 3 is 2.46 bits per heavy atom. The summed E-state index contributed by atoms with van der Waals surface area (Å²) in [6.07, 6.45) is 0.925. The number of likely N-dealkylation sites (tertiary alicyclic amines) is 1. The highest BCUT2D eigenvalue weighted by Gasteiger charge is 2.42. The van der Waals surface area contributed by atoms with Crippen molar-refractivity contribution in [3.8, 4) is 0 Å². The Hall–Kier alpha value is -3.14. The molecular formula is C27H32FN3O5S. The Labute approximate surface area is 220 Å². The molecule has 1 saturated heterocycles. The summed E-state index contributed by atoms with van der Waals surface area (Å²) in [6, 6.07) is 5.38. The lowest BCUT2D eigenvalue weighted by atomic mass is 9.93. The van der Waals surface area contributed by atoms with Gasteiger partial charge in [0, 0.05) is 18.8 Å². The first-order valence-electron chi connectivity index (χ1n) is 12.5. The third-order valence-electron chi connectivity index (χ3n) is 6.55. The molecule has 4 rings (SSSR count). The van der Waals surface area contributed by atoms with Gasteiger partial charge in [-0.1, -0.05) is 23.9 Å². The molecule has 0 saturated carbocycles. The SMILES string of the molecule is CCOC(=O)C1CCN(C(=O)CC2=CSC3=NC(C)=C(C(=O)OC(C)C)C(c4ccc(F)cc4)N23)CC1. The third-order valence-corrected chi connectivity index (χ3v) is 7.44. The van der Waals surface area contributed by atoms with E-state index in [0.29, 0.717) is 60.2 Å². The maximum Gasteiger partial charge on any atom is 0.338 e. The normalized spacial score (nSPS) is 20.0. The molecule has 37 heavy (non-hydrogen) atoms. The zero-order valence-corrected chi connectivity index (χ0v) is 22.3. The Morgan fingerprint density at radius 2 is 1.84 bits per heavy atom. The number of amidine groups is 1. The van der Waals surface area contributed by atoms with Crippen LogP contribution < -0.4 is 0 Å². The Kier molecular flexibility index (Phi) is 8.36. The minimum atomic E-state index is -0.608. The number of nitrogens with zero attached hydrogens (tertiary/aromatic N) is 3. The molecule has 0 radical (unpaired) electrons. The number of carbonyl (C=O) groups is 3. The maximum atomic E-state index is 13.8. The molecule has 0 N–H and O–H groups in total. The fourth-order valence-electron chi connectivity index (χ4n) is 4.76. The lowest BCUT2D eigenvalue weighted by Crippen LogP contribution is -2.42. The monoisotopic (exact) mass is 529 g/mol. The van der Waals surface area contributed by atoms with E-state index >= 15 is 0 Å². The van der Waals surface area contributed by atoms with Crippen LogP contribution in [0.15, 0.2) is 51.6 Å². The summed E-state index contributed by atoms with van der Waals surface area (Å²) in [7, 11) is 0. The number of esters is 2. The van der Waals surface area contributed by atoms with Crippen molar-refractivity contribution in [2.75, 3.05) is 19.7 Å². The molecule has 0 spiro atoms. The van der Waals surface area contributed by atoms with E-state index in [4.69, 9.17) is 9.47 Å². The number of rotatable bonds is 7. The van der Waals surface area contributed by atoms with E-state index in [1.165, 1.54) is 23.9 Å². The number of fused-ring (bicyclic) bond motifs is 1. The van der Waals surface area contributed by atoms with Gasteiger partial charge in [0.25, 0.3) is 0 Å². The van der Waals surface area contributed by atoms with Crippen molar-refractivity contribution in [2.24, 2.45) is 10.9 Å². The van der Waals surface area contributed by atoms with Crippen LogP contribution in [0.1, 0.15) is 58.6 Å². The second-order valence-corrected chi connectivity index (χ2v) is 10.3. The minimum Gasteiger partial charge on any atom is -0.466 e. The van der Waals surface area contributed by atoms with Crippen molar-refractivity contribution < 1.29 is 28.2 Å². The van der Waals surface area contributed by atoms with Gasteiger partial charge < -0.3 is 19.3 Å². The van der Waals surface area contributed by atoms with Gasteiger partial charge in [0.1, 0.15) is 5.82 Å². The fraction of sp³-hybridized carbons (Fsp3) is 0.481. The maximum absolute atomic E-state index is 13.8. The molecule has 3 heterocycles. The van der Waals surface area contributed by atoms with Crippen LogP contribution in [0.5, 0.6) is 0 Å². The van der Waals surface area contributed by atoms with E-state index in [0.717, 1.165) is 0 Å². The summed E-state index contributed by atoms with van der Waals surface area (Å²) in [4.78, 5) is 46.8. The standard InChI is InChI=1S/C27H32FN3O5S/c1-5-35-25(33)19-10-12-30(13-11-19)22(32)14-21-15-37-27-29-17(4)23(26(34)36-16(2)3)24(31(21)27)18-6-8-20(28)9-7-18/h6-9,15-16,19,24H,5,10-14H2,1-4H3. The Morgan fingerprint density at radius 1 is 1.16 bits per heavy atom.